The minimum absolute atomic E-state index is 0.0142. The molecular formula is C21H36O. The average molecular weight is 305 g/mol. The van der Waals surface area contributed by atoms with Gasteiger partial charge in [0.25, 0.3) is 0 Å². The summed E-state index contributed by atoms with van der Waals surface area (Å²) >= 11 is 0. The first-order chi connectivity index (χ1) is 10.1. The van der Waals surface area contributed by atoms with E-state index >= 15 is 0 Å². The predicted molar refractivity (Wildman–Crippen MR) is 97.6 cm³/mol. The van der Waals surface area contributed by atoms with Gasteiger partial charge in [0.2, 0.25) is 0 Å². The number of ether oxygens (including phenoxy) is 1. The molecule has 0 fully saturated rings. The standard InChI is InChI=1S/C21H36O/c1-17(2)22-21(6,7)15-10-8-9-12-18-13-11-14-19(16-18)20(3,4)5/h11,13-14,16-17H,8-10,12,15H2,1-7H3. The first-order valence-electron chi connectivity index (χ1n) is 8.87. The molecule has 1 aromatic carbocycles. The summed E-state index contributed by atoms with van der Waals surface area (Å²) in [5.41, 5.74) is 3.18. The molecule has 1 heteroatoms. The Bertz CT molecular complexity index is 437. The summed E-state index contributed by atoms with van der Waals surface area (Å²) in [6.07, 6.45) is 6.45. The lowest BCUT2D eigenvalue weighted by Gasteiger charge is -2.27. The van der Waals surface area contributed by atoms with Gasteiger partial charge in [0, 0.05) is 0 Å². The maximum Gasteiger partial charge on any atom is 0.0630 e. The van der Waals surface area contributed by atoms with E-state index in [2.05, 4.69) is 72.7 Å². The topological polar surface area (TPSA) is 9.23 Å². The normalized spacial score (nSPS) is 12.9. The Morgan fingerprint density at radius 3 is 2.23 bits per heavy atom. The molecule has 0 radical (unpaired) electrons. The summed E-state index contributed by atoms with van der Waals surface area (Å²) in [4.78, 5) is 0. The second-order valence-corrected chi connectivity index (χ2v) is 8.44. The van der Waals surface area contributed by atoms with E-state index < -0.39 is 0 Å². The van der Waals surface area contributed by atoms with Gasteiger partial charge < -0.3 is 4.74 Å². The molecule has 0 N–H and O–H groups in total. The van der Waals surface area contributed by atoms with Gasteiger partial charge in [-0.1, -0.05) is 57.9 Å². The van der Waals surface area contributed by atoms with Crippen LogP contribution in [0.5, 0.6) is 0 Å². The van der Waals surface area contributed by atoms with Gasteiger partial charge in [-0.05, 0) is 63.5 Å². The Morgan fingerprint density at radius 2 is 1.64 bits per heavy atom. The van der Waals surface area contributed by atoms with Crippen molar-refractivity contribution in [2.45, 2.75) is 97.7 Å². The lowest BCUT2D eigenvalue weighted by molar-refractivity contribution is -0.0614. The van der Waals surface area contributed by atoms with Gasteiger partial charge in [-0.25, -0.2) is 0 Å². The summed E-state index contributed by atoms with van der Waals surface area (Å²) in [7, 11) is 0. The van der Waals surface area contributed by atoms with Crippen LogP contribution in [0.2, 0.25) is 0 Å². The number of hydrogen-bond acceptors (Lipinski definition) is 1. The molecule has 1 rings (SSSR count). The van der Waals surface area contributed by atoms with Crippen LogP contribution in [-0.2, 0) is 16.6 Å². The van der Waals surface area contributed by atoms with Crippen LogP contribution in [0.25, 0.3) is 0 Å². The van der Waals surface area contributed by atoms with Crippen LogP contribution in [0.3, 0.4) is 0 Å². The summed E-state index contributed by atoms with van der Waals surface area (Å²) in [6.45, 7) is 15.5. The van der Waals surface area contributed by atoms with Crippen molar-refractivity contribution in [3.8, 4) is 0 Å². The highest BCUT2D eigenvalue weighted by atomic mass is 16.5. The molecule has 0 bridgehead atoms. The fourth-order valence-corrected chi connectivity index (χ4v) is 2.95. The van der Waals surface area contributed by atoms with Crippen molar-refractivity contribution < 1.29 is 4.74 Å². The van der Waals surface area contributed by atoms with Gasteiger partial charge in [-0.2, -0.15) is 0 Å². The number of hydrogen-bond donors (Lipinski definition) is 0. The largest absolute Gasteiger partial charge is 0.373 e. The van der Waals surface area contributed by atoms with Crippen molar-refractivity contribution in [3.63, 3.8) is 0 Å². The fraction of sp³-hybridized carbons (Fsp3) is 0.714. The summed E-state index contributed by atoms with van der Waals surface area (Å²) in [5.74, 6) is 0. The van der Waals surface area contributed by atoms with Crippen molar-refractivity contribution in [1.29, 1.82) is 0 Å². The van der Waals surface area contributed by atoms with Crippen molar-refractivity contribution in [1.82, 2.24) is 0 Å². The Hall–Kier alpha value is -0.820. The molecule has 1 aromatic rings. The van der Waals surface area contributed by atoms with Gasteiger partial charge in [0.1, 0.15) is 0 Å². The molecule has 126 valence electrons. The van der Waals surface area contributed by atoms with Crippen LogP contribution in [0.15, 0.2) is 24.3 Å². The van der Waals surface area contributed by atoms with Crippen molar-refractivity contribution >= 4 is 0 Å². The van der Waals surface area contributed by atoms with Gasteiger partial charge in [0.05, 0.1) is 11.7 Å². The lowest BCUT2D eigenvalue weighted by atomic mass is 9.85. The number of benzene rings is 1. The first kappa shape index (κ1) is 19.2. The highest BCUT2D eigenvalue weighted by Crippen LogP contribution is 2.24. The molecule has 1 nitrogen and oxygen atoms in total. The molecule has 0 aliphatic heterocycles. The van der Waals surface area contributed by atoms with Crippen LogP contribution < -0.4 is 0 Å². The zero-order chi connectivity index (χ0) is 16.8. The van der Waals surface area contributed by atoms with E-state index in [0.717, 1.165) is 6.42 Å². The van der Waals surface area contributed by atoms with Crippen LogP contribution >= 0.6 is 0 Å². The highest BCUT2D eigenvalue weighted by Gasteiger charge is 2.19. The van der Waals surface area contributed by atoms with E-state index in [1.54, 1.807) is 0 Å². The fourth-order valence-electron chi connectivity index (χ4n) is 2.95. The molecule has 0 unspecified atom stereocenters. The quantitative estimate of drug-likeness (QED) is 0.513. The highest BCUT2D eigenvalue weighted by molar-refractivity contribution is 5.28. The van der Waals surface area contributed by atoms with Crippen LogP contribution in [0.4, 0.5) is 0 Å². The minimum atomic E-state index is 0.0142. The number of aryl methyl sites for hydroxylation is 1. The lowest BCUT2D eigenvalue weighted by Crippen LogP contribution is -2.27. The third-order valence-electron chi connectivity index (χ3n) is 4.09. The van der Waals surface area contributed by atoms with E-state index in [1.807, 2.05) is 0 Å². The average Bonchev–Trinajstić information content (AvgIpc) is 2.36. The SMILES string of the molecule is CC(C)OC(C)(C)CCCCCc1cccc(C(C)(C)C)c1. The molecule has 0 aliphatic carbocycles. The van der Waals surface area contributed by atoms with E-state index in [0.29, 0.717) is 6.10 Å². The predicted octanol–water partition coefficient (Wildman–Crippen LogP) is 6.29. The molecule has 0 atom stereocenters. The number of rotatable bonds is 8. The summed E-state index contributed by atoms with van der Waals surface area (Å²) in [6, 6.07) is 9.09. The van der Waals surface area contributed by atoms with E-state index in [-0.39, 0.29) is 11.0 Å². The van der Waals surface area contributed by atoms with E-state index in [1.165, 1.54) is 36.8 Å². The summed E-state index contributed by atoms with van der Waals surface area (Å²) < 4.78 is 5.96. The molecule has 22 heavy (non-hydrogen) atoms. The molecule has 0 aromatic heterocycles. The van der Waals surface area contributed by atoms with Gasteiger partial charge in [-0.15, -0.1) is 0 Å². The smallest absolute Gasteiger partial charge is 0.0630 e. The van der Waals surface area contributed by atoms with Crippen LogP contribution in [0.1, 0.15) is 85.3 Å². The third-order valence-corrected chi connectivity index (χ3v) is 4.09. The Labute approximate surface area is 138 Å². The van der Waals surface area contributed by atoms with Crippen molar-refractivity contribution in [2.75, 3.05) is 0 Å². The van der Waals surface area contributed by atoms with Crippen molar-refractivity contribution in [3.05, 3.63) is 35.4 Å². The van der Waals surface area contributed by atoms with Gasteiger partial charge in [-0.3, -0.25) is 0 Å². The molecule has 0 saturated carbocycles. The second kappa shape index (κ2) is 8.15. The van der Waals surface area contributed by atoms with Crippen LogP contribution in [-0.4, -0.2) is 11.7 Å². The Kier molecular flexibility index (Phi) is 7.12. The number of unbranched alkanes of at least 4 members (excludes halogenated alkanes) is 2. The zero-order valence-electron chi connectivity index (χ0n) is 15.8. The van der Waals surface area contributed by atoms with Gasteiger partial charge >= 0.3 is 0 Å². The summed E-state index contributed by atoms with van der Waals surface area (Å²) in [5, 5.41) is 0. The van der Waals surface area contributed by atoms with Crippen LogP contribution in [0, 0.1) is 0 Å². The molecule has 0 saturated heterocycles. The molecule has 0 heterocycles. The molecule has 0 aliphatic rings. The van der Waals surface area contributed by atoms with E-state index in [9.17, 15) is 0 Å². The minimum Gasteiger partial charge on any atom is -0.373 e. The maximum absolute atomic E-state index is 5.96. The molecule has 0 spiro atoms. The maximum atomic E-state index is 5.96. The first-order valence-corrected chi connectivity index (χ1v) is 8.87. The van der Waals surface area contributed by atoms with E-state index in [4.69, 9.17) is 4.74 Å². The van der Waals surface area contributed by atoms with Gasteiger partial charge in [0.15, 0.2) is 0 Å². The molecule has 0 amide bonds. The zero-order valence-corrected chi connectivity index (χ0v) is 15.8. The molecular weight excluding hydrogens is 268 g/mol. The second-order valence-electron chi connectivity index (χ2n) is 8.44. The van der Waals surface area contributed by atoms with Crippen molar-refractivity contribution in [2.24, 2.45) is 0 Å². The monoisotopic (exact) mass is 304 g/mol. The Morgan fingerprint density at radius 1 is 0.955 bits per heavy atom. The third kappa shape index (κ3) is 7.45. The Balaban J connectivity index is 2.34.